The van der Waals surface area contributed by atoms with E-state index in [0.29, 0.717) is 12.5 Å². The van der Waals surface area contributed by atoms with Crippen molar-refractivity contribution in [2.24, 2.45) is 5.92 Å². The van der Waals surface area contributed by atoms with Crippen molar-refractivity contribution in [3.8, 4) is 6.07 Å². The maximum Gasteiger partial charge on any atom is 0.107 e. The van der Waals surface area contributed by atoms with E-state index in [1.807, 2.05) is 0 Å². The zero-order valence-corrected chi connectivity index (χ0v) is 6.80. The van der Waals surface area contributed by atoms with Crippen molar-refractivity contribution in [3.63, 3.8) is 0 Å². The smallest absolute Gasteiger partial charge is 0.107 e. The molecule has 0 spiro atoms. The molecule has 11 heavy (non-hydrogen) atoms. The first-order valence-corrected chi connectivity index (χ1v) is 3.99. The van der Waals surface area contributed by atoms with Crippen molar-refractivity contribution in [2.45, 2.75) is 25.3 Å². The Morgan fingerprint density at radius 3 is 2.73 bits per heavy atom. The lowest BCUT2D eigenvalue weighted by Gasteiger charge is -2.41. The van der Waals surface area contributed by atoms with Crippen molar-refractivity contribution < 1.29 is 5.11 Å². The van der Waals surface area contributed by atoms with Crippen LogP contribution in [0.3, 0.4) is 0 Å². The lowest BCUT2D eigenvalue weighted by molar-refractivity contribution is 0.160. The second-order valence-corrected chi connectivity index (χ2v) is 3.36. The summed E-state index contributed by atoms with van der Waals surface area (Å²) in [7, 11) is 0. The van der Waals surface area contributed by atoms with Gasteiger partial charge in [0.15, 0.2) is 0 Å². The van der Waals surface area contributed by atoms with Crippen LogP contribution in [0.25, 0.3) is 0 Å². The van der Waals surface area contributed by atoms with Gasteiger partial charge in [-0.1, -0.05) is 6.92 Å². The van der Waals surface area contributed by atoms with Crippen LogP contribution in [0.15, 0.2) is 0 Å². The molecule has 1 aliphatic rings. The number of hydrogen-bond donors (Lipinski definition) is 2. The molecule has 0 atom stereocenters. The fourth-order valence-electron chi connectivity index (χ4n) is 1.70. The predicted molar refractivity (Wildman–Crippen MR) is 41.8 cm³/mol. The van der Waals surface area contributed by atoms with Gasteiger partial charge in [-0.05, 0) is 18.8 Å². The van der Waals surface area contributed by atoms with Gasteiger partial charge in [0, 0.05) is 6.54 Å². The van der Waals surface area contributed by atoms with E-state index in [9.17, 15) is 0 Å². The summed E-state index contributed by atoms with van der Waals surface area (Å²) in [6.45, 7) is 2.77. The highest BCUT2D eigenvalue weighted by molar-refractivity contribution is 5.14. The van der Waals surface area contributed by atoms with Crippen LogP contribution < -0.4 is 5.32 Å². The van der Waals surface area contributed by atoms with Gasteiger partial charge >= 0.3 is 0 Å². The Kier molecular flexibility index (Phi) is 2.48. The van der Waals surface area contributed by atoms with Crippen molar-refractivity contribution in [2.75, 3.05) is 13.2 Å². The van der Waals surface area contributed by atoms with E-state index in [2.05, 4.69) is 18.3 Å². The summed E-state index contributed by atoms with van der Waals surface area (Å²) in [4.78, 5) is 0. The highest BCUT2D eigenvalue weighted by Crippen LogP contribution is 2.36. The first kappa shape index (κ1) is 8.51. The molecule has 0 unspecified atom stereocenters. The van der Waals surface area contributed by atoms with E-state index < -0.39 is 0 Å². The monoisotopic (exact) mass is 154 g/mol. The van der Waals surface area contributed by atoms with Crippen LogP contribution in [0.1, 0.15) is 19.8 Å². The number of hydrogen-bond acceptors (Lipinski definition) is 3. The van der Waals surface area contributed by atoms with E-state index in [0.717, 1.165) is 12.8 Å². The van der Waals surface area contributed by atoms with Crippen LogP contribution >= 0.6 is 0 Å². The quantitative estimate of drug-likeness (QED) is 0.613. The molecule has 0 radical (unpaired) electrons. The summed E-state index contributed by atoms with van der Waals surface area (Å²) >= 11 is 0. The number of aliphatic hydroxyl groups is 1. The van der Waals surface area contributed by atoms with Gasteiger partial charge in [0.05, 0.1) is 12.7 Å². The molecule has 0 bridgehead atoms. The number of nitrogens with zero attached hydrogens (tertiary/aromatic N) is 1. The zero-order chi connectivity index (χ0) is 8.32. The third kappa shape index (κ3) is 1.70. The van der Waals surface area contributed by atoms with Crippen LogP contribution in [0, 0.1) is 17.2 Å². The third-order valence-electron chi connectivity index (χ3n) is 2.18. The highest BCUT2D eigenvalue weighted by atomic mass is 16.3. The molecule has 1 rings (SSSR count). The summed E-state index contributed by atoms with van der Waals surface area (Å²) in [6.07, 6.45) is 1.84. The van der Waals surface area contributed by atoms with Gasteiger partial charge in [0.1, 0.15) is 5.54 Å². The third-order valence-corrected chi connectivity index (χ3v) is 2.18. The molecule has 1 fully saturated rings. The molecule has 0 aromatic carbocycles. The average molecular weight is 154 g/mol. The standard InChI is InChI=1S/C8H14N2O/c1-7-4-8(5-7,6-9)10-2-3-11/h7,10-11H,2-5H2,1H3. The molecule has 62 valence electrons. The molecular weight excluding hydrogens is 140 g/mol. The number of nitrogens with one attached hydrogen (secondary N) is 1. The molecule has 2 N–H and O–H groups in total. The molecule has 1 aliphatic carbocycles. The molecule has 1 saturated carbocycles. The average Bonchev–Trinajstić information content (AvgIpc) is 1.96. The van der Waals surface area contributed by atoms with Crippen molar-refractivity contribution in [1.29, 1.82) is 5.26 Å². The second kappa shape index (κ2) is 3.21. The Bertz CT molecular complexity index is 167. The van der Waals surface area contributed by atoms with Crippen molar-refractivity contribution in [3.05, 3.63) is 0 Å². The Hall–Kier alpha value is -0.590. The minimum atomic E-state index is -0.317. The predicted octanol–water partition coefficient (Wildman–Crippen LogP) is 0.261. The van der Waals surface area contributed by atoms with E-state index in [1.165, 1.54) is 0 Å². The van der Waals surface area contributed by atoms with Crippen LogP contribution in [-0.2, 0) is 0 Å². The summed E-state index contributed by atoms with van der Waals surface area (Å²) in [6, 6.07) is 2.26. The van der Waals surface area contributed by atoms with E-state index in [-0.39, 0.29) is 12.1 Å². The van der Waals surface area contributed by atoms with Crippen LogP contribution in [0.4, 0.5) is 0 Å². The molecule has 3 nitrogen and oxygen atoms in total. The van der Waals surface area contributed by atoms with Gasteiger partial charge in [-0.15, -0.1) is 0 Å². The summed E-state index contributed by atoms with van der Waals surface area (Å²) in [5, 5.41) is 20.4. The highest BCUT2D eigenvalue weighted by Gasteiger charge is 2.41. The lowest BCUT2D eigenvalue weighted by Crippen LogP contribution is -2.54. The Morgan fingerprint density at radius 2 is 2.36 bits per heavy atom. The van der Waals surface area contributed by atoms with Gasteiger partial charge in [-0.3, -0.25) is 5.32 Å². The number of rotatable bonds is 3. The number of β-amino-alcohol motifs (C(OH)–C–C–N with tert-alkyl or cyclic N) is 1. The largest absolute Gasteiger partial charge is 0.395 e. The zero-order valence-electron chi connectivity index (χ0n) is 6.80. The van der Waals surface area contributed by atoms with Crippen molar-refractivity contribution in [1.82, 2.24) is 5.32 Å². The molecule has 0 heterocycles. The minimum Gasteiger partial charge on any atom is -0.395 e. The molecule has 0 saturated heterocycles. The first-order chi connectivity index (χ1) is 5.22. The Balaban J connectivity index is 2.33. The molecule has 3 heteroatoms. The maximum absolute atomic E-state index is 8.79. The number of nitriles is 1. The van der Waals surface area contributed by atoms with Gasteiger partial charge in [-0.25, -0.2) is 0 Å². The van der Waals surface area contributed by atoms with Gasteiger partial charge < -0.3 is 5.11 Å². The molecule has 0 aromatic rings. The molecule has 0 aromatic heterocycles. The normalized spacial score (nSPS) is 35.9. The topological polar surface area (TPSA) is 56.0 Å². The first-order valence-electron chi connectivity index (χ1n) is 3.99. The van der Waals surface area contributed by atoms with E-state index in [4.69, 9.17) is 10.4 Å². The van der Waals surface area contributed by atoms with Gasteiger partial charge in [0.25, 0.3) is 0 Å². The maximum atomic E-state index is 8.79. The Morgan fingerprint density at radius 1 is 1.73 bits per heavy atom. The molecule has 0 aliphatic heterocycles. The molecule has 0 amide bonds. The van der Waals surface area contributed by atoms with Gasteiger partial charge in [0.2, 0.25) is 0 Å². The second-order valence-electron chi connectivity index (χ2n) is 3.36. The number of aliphatic hydroxyl groups excluding tert-OH is 1. The fraction of sp³-hybridized carbons (Fsp3) is 0.875. The lowest BCUT2D eigenvalue weighted by atomic mass is 9.70. The SMILES string of the molecule is CC1CC(C#N)(NCCO)C1. The Labute approximate surface area is 67.0 Å². The summed E-state index contributed by atoms with van der Waals surface area (Å²) in [5.41, 5.74) is -0.317. The van der Waals surface area contributed by atoms with Crippen LogP contribution in [-0.4, -0.2) is 23.8 Å². The van der Waals surface area contributed by atoms with Crippen molar-refractivity contribution >= 4 is 0 Å². The minimum absolute atomic E-state index is 0.109. The van der Waals surface area contributed by atoms with E-state index >= 15 is 0 Å². The summed E-state index contributed by atoms with van der Waals surface area (Å²) < 4.78 is 0. The van der Waals surface area contributed by atoms with Crippen LogP contribution in [0.2, 0.25) is 0 Å². The van der Waals surface area contributed by atoms with Crippen LogP contribution in [0.5, 0.6) is 0 Å². The summed E-state index contributed by atoms with van der Waals surface area (Å²) in [5.74, 6) is 0.654. The fourth-order valence-corrected chi connectivity index (χ4v) is 1.70. The molecular formula is C8H14N2O. The van der Waals surface area contributed by atoms with E-state index in [1.54, 1.807) is 0 Å². The van der Waals surface area contributed by atoms with Gasteiger partial charge in [-0.2, -0.15) is 5.26 Å².